The van der Waals surface area contributed by atoms with Gasteiger partial charge in [-0.2, -0.15) is 0 Å². The van der Waals surface area contributed by atoms with Crippen LogP contribution in [-0.4, -0.2) is 42.2 Å². The predicted molar refractivity (Wildman–Crippen MR) is 77.1 cm³/mol. The molecule has 3 heterocycles. The summed E-state index contributed by atoms with van der Waals surface area (Å²) >= 11 is 6.00. The molecule has 2 aliphatic rings. The normalized spacial score (nSPS) is 20.6. The first-order valence-corrected chi connectivity index (χ1v) is 7.21. The Balaban J connectivity index is 1.60. The van der Waals surface area contributed by atoms with E-state index < -0.39 is 0 Å². The maximum absolute atomic E-state index is 12.2. The monoisotopic (exact) mass is 295 g/mol. The van der Waals surface area contributed by atoms with E-state index >= 15 is 0 Å². The van der Waals surface area contributed by atoms with E-state index in [4.69, 9.17) is 16.3 Å². The third kappa shape index (κ3) is 2.47. The molecule has 0 unspecified atom stereocenters. The number of nitrogens with zero attached hydrogens (tertiary/aromatic N) is 2. The van der Waals surface area contributed by atoms with Crippen LogP contribution in [0.2, 0.25) is 5.02 Å². The van der Waals surface area contributed by atoms with Gasteiger partial charge in [-0.3, -0.25) is 4.98 Å². The van der Waals surface area contributed by atoms with Crippen molar-refractivity contribution in [2.75, 3.05) is 31.6 Å². The average Bonchev–Trinajstić information content (AvgIpc) is 2.42. The van der Waals surface area contributed by atoms with Crippen LogP contribution in [0.25, 0.3) is 0 Å². The SMILES string of the molecule is Cc1c(Cl)cncc1NC(=O)N1CC2(CCOCC2)C1. The van der Waals surface area contributed by atoms with Crippen LogP contribution in [0.3, 0.4) is 0 Å². The quantitative estimate of drug-likeness (QED) is 0.866. The highest BCUT2D eigenvalue weighted by molar-refractivity contribution is 6.31. The van der Waals surface area contributed by atoms with Crippen molar-refractivity contribution in [2.45, 2.75) is 19.8 Å². The molecular formula is C14H18ClN3O2. The van der Waals surface area contributed by atoms with Gasteiger partial charge in [0.2, 0.25) is 0 Å². The van der Waals surface area contributed by atoms with Crippen molar-refractivity contribution in [3.8, 4) is 0 Å². The van der Waals surface area contributed by atoms with Crippen LogP contribution in [0.15, 0.2) is 12.4 Å². The van der Waals surface area contributed by atoms with E-state index in [1.165, 1.54) is 0 Å². The Labute approximate surface area is 123 Å². The Morgan fingerprint density at radius 3 is 2.80 bits per heavy atom. The second-order valence-electron chi connectivity index (χ2n) is 5.69. The van der Waals surface area contributed by atoms with Crippen LogP contribution in [-0.2, 0) is 4.74 Å². The van der Waals surface area contributed by atoms with E-state index in [-0.39, 0.29) is 11.4 Å². The maximum Gasteiger partial charge on any atom is 0.321 e. The molecule has 0 atom stereocenters. The number of aromatic nitrogens is 1. The zero-order chi connectivity index (χ0) is 14.2. The van der Waals surface area contributed by atoms with Crippen molar-refractivity contribution in [1.82, 2.24) is 9.88 Å². The molecule has 5 nitrogen and oxygen atoms in total. The van der Waals surface area contributed by atoms with Gasteiger partial charge in [-0.05, 0) is 25.3 Å². The number of urea groups is 1. The molecule has 2 fully saturated rings. The van der Waals surface area contributed by atoms with Crippen molar-refractivity contribution in [1.29, 1.82) is 0 Å². The molecule has 0 saturated carbocycles. The summed E-state index contributed by atoms with van der Waals surface area (Å²) in [5.74, 6) is 0. The summed E-state index contributed by atoms with van der Waals surface area (Å²) in [5.41, 5.74) is 1.81. The fourth-order valence-corrected chi connectivity index (χ4v) is 3.01. The summed E-state index contributed by atoms with van der Waals surface area (Å²) in [7, 11) is 0. The molecule has 1 aromatic rings. The Morgan fingerprint density at radius 1 is 1.40 bits per heavy atom. The fraction of sp³-hybridized carbons (Fsp3) is 0.571. The van der Waals surface area contributed by atoms with Gasteiger partial charge in [0.25, 0.3) is 0 Å². The summed E-state index contributed by atoms with van der Waals surface area (Å²) in [6, 6.07) is -0.0747. The Bertz CT molecular complexity index is 521. The number of carbonyl (C=O) groups is 1. The van der Waals surface area contributed by atoms with Crippen LogP contribution in [0.5, 0.6) is 0 Å². The second kappa shape index (κ2) is 5.22. The van der Waals surface area contributed by atoms with Gasteiger partial charge in [0, 0.05) is 37.9 Å². The maximum atomic E-state index is 12.2. The largest absolute Gasteiger partial charge is 0.381 e. The highest BCUT2D eigenvalue weighted by atomic mass is 35.5. The van der Waals surface area contributed by atoms with E-state index in [0.717, 1.165) is 44.7 Å². The number of rotatable bonds is 1. The molecule has 6 heteroatoms. The van der Waals surface area contributed by atoms with Gasteiger partial charge >= 0.3 is 6.03 Å². The van der Waals surface area contributed by atoms with Crippen LogP contribution in [0.4, 0.5) is 10.5 Å². The first kappa shape index (κ1) is 13.6. The lowest BCUT2D eigenvalue weighted by atomic mass is 9.73. The van der Waals surface area contributed by atoms with Crippen molar-refractivity contribution in [3.05, 3.63) is 23.0 Å². The molecule has 3 rings (SSSR count). The second-order valence-corrected chi connectivity index (χ2v) is 6.10. The Hall–Kier alpha value is -1.33. The lowest BCUT2D eigenvalue weighted by molar-refractivity contribution is -0.0596. The number of ether oxygens (including phenoxy) is 1. The third-order valence-electron chi connectivity index (χ3n) is 4.29. The van der Waals surface area contributed by atoms with E-state index in [9.17, 15) is 4.79 Å². The number of nitrogens with one attached hydrogen (secondary N) is 1. The van der Waals surface area contributed by atoms with Gasteiger partial charge in [0.1, 0.15) is 0 Å². The molecule has 0 bridgehead atoms. The first-order chi connectivity index (χ1) is 9.60. The van der Waals surface area contributed by atoms with Gasteiger partial charge in [-0.15, -0.1) is 0 Å². The smallest absolute Gasteiger partial charge is 0.321 e. The number of anilines is 1. The summed E-state index contributed by atoms with van der Waals surface area (Å²) in [6.45, 7) is 5.12. The van der Waals surface area contributed by atoms with Gasteiger partial charge in [-0.25, -0.2) is 4.79 Å². The minimum atomic E-state index is -0.0747. The van der Waals surface area contributed by atoms with E-state index in [0.29, 0.717) is 10.7 Å². The zero-order valence-electron chi connectivity index (χ0n) is 11.5. The third-order valence-corrected chi connectivity index (χ3v) is 4.67. The van der Waals surface area contributed by atoms with Crippen molar-refractivity contribution < 1.29 is 9.53 Å². The van der Waals surface area contributed by atoms with Crippen molar-refractivity contribution >= 4 is 23.3 Å². The Kier molecular flexibility index (Phi) is 3.56. The summed E-state index contributed by atoms with van der Waals surface area (Å²) < 4.78 is 5.38. The molecule has 2 saturated heterocycles. The summed E-state index contributed by atoms with van der Waals surface area (Å²) in [6.07, 6.45) is 5.30. The fourth-order valence-electron chi connectivity index (χ4n) is 2.85. The molecule has 1 N–H and O–H groups in total. The molecule has 108 valence electrons. The average molecular weight is 296 g/mol. The molecule has 2 amide bonds. The molecule has 0 aliphatic carbocycles. The van der Waals surface area contributed by atoms with Crippen molar-refractivity contribution in [2.24, 2.45) is 5.41 Å². The molecule has 1 spiro atoms. The number of hydrogen-bond acceptors (Lipinski definition) is 3. The molecule has 20 heavy (non-hydrogen) atoms. The molecule has 1 aromatic heterocycles. The van der Waals surface area contributed by atoms with Crippen LogP contribution >= 0.6 is 11.6 Å². The standard InChI is InChI=1S/C14H18ClN3O2/c1-10-11(15)6-16-7-12(10)17-13(19)18-8-14(9-18)2-4-20-5-3-14/h6-7H,2-5,8-9H2,1H3,(H,17,19). The van der Waals surface area contributed by atoms with Gasteiger partial charge < -0.3 is 15.0 Å². The van der Waals surface area contributed by atoms with E-state index in [2.05, 4.69) is 10.3 Å². The van der Waals surface area contributed by atoms with Crippen LogP contribution in [0, 0.1) is 12.3 Å². The Morgan fingerprint density at radius 2 is 2.10 bits per heavy atom. The number of amides is 2. The molecule has 2 aliphatic heterocycles. The number of halogens is 1. The molecule has 0 aromatic carbocycles. The van der Waals surface area contributed by atoms with Gasteiger partial charge in [0.15, 0.2) is 0 Å². The van der Waals surface area contributed by atoms with Gasteiger partial charge in [0.05, 0.1) is 16.9 Å². The number of likely N-dealkylation sites (tertiary alicyclic amines) is 1. The first-order valence-electron chi connectivity index (χ1n) is 6.83. The van der Waals surface area contributed by atoms with Crippen LogP contribution in [0.1, 0.15) is 18.4 Å². The summed E-state index contributed by atoms with van der Waals surface area (Å²) in [5, 5.41) is 3.45. The zero-order valence-corrected chi connectivity index (χ0v) is 12.2. The predicted octanol–water partition coefficient (Wildman–Crippen LogP) is 2.69. The lowest BCUT2D eigenvalue weighted by Crippen LogP contribution is -2.61. The number of pyridine rings is 1. The highest BCUT2D eigenvalue weighted by Crippen LogP contribution is 2.40. The van der Waals surface area contributed by atoms with Crippen molar-refractivity contribution in [3.63, 3.8) is 0 Å². The summed E-state index contributed by atoms with van der Waals surface area (Å²) in [4.78, 5) is 18.0. The van der Waals surface area contributed by atoms with Gasteiger partial charge in [-0.1, -0.05) is 11.6 Å². The number of hydrogen-bond donors (Lipinski definition) is 1. The van der Waals surface area contributed by atoms with E-state index in [1.54, 1.807) is 12.4 Å². The number of carbonyl (C=O) groups excluding carboxylic acids is 1. The highest BCUT2D eigenvalue weighted by Gasteiger charge is 2.45. The van der Waals surface area contributed by atoms with E-state index in [1.807, 2.05) is 11.8 Å². The van der Waals surface area contributed by atoms with Crippen LogP contribution < -0.4 is 5.32 Å². The topological polar surface area (TPSA) is 54.5 Å². The minimum absolute atomic E-state index is 0.0747. The molecule has 0 radical (unpaired) electrons. The minimum Gasteiger partial charge on any atom is -0.381 e. The molecular weight excluding hydrogens is 278 g/mol. The lowest BCUT2D eigenvalue weighted by Gasteiger charge is -2.51.